The number of aliphatic hydroxyl groups excluding tert-OH is 1. The number of halogens is 1. The molecule has 0 aromatic heterocycles. The van der Waals surface area contributed by atoms with Crippen LogP contribution >= 0.6 is 11.8 Å². The number of hydrogen-bond acceptors (Lipinski definition) is 2. The molecule has 0 radical (unpaired) electrons. The highest BCUT2D eigenvalue weighted by molar-refractivity contribution is 6.13. The van der Waals surface area contributed by atoms with E-state index in [0.717, 1.165) is 25.7 Å². The second-order valence-corrected chi connectivity index (χ2v) is 2.83. The maximum absolute atomic E-state index is 9.05. The Balaban J connectivity index is 2.18. The Kier molecular flexibility index (Phi) is 2.76. The SMILES string of the molecule is OC1CCC(NCl)CC1. The van der Waals surface area contributed by atoms with Crippen LogP contribution in [0.3, 0.4) is 0 Å². The Morgan fingerprint density at radius 3 is 2.22 bits per heavy atom. The zero-order chi connectivity index (χ0) is 6.69. The van der Waals surface area contributed by atoms with Gasteiger partial charge in [-0.2, -0.15) is 0 Å². The Morgan fingerprint density at radius 1 is 1.22 bits per heavy atom. The smallest absolute Gasteiger partial charge is 0.0541 e. The van der Waals surface area contributed by atoms with Crippen LogP contribution in [0.25, 0.3) is 0 Å². The summed E-state index contributed by atoms with van der Waals surface area (Å²) >= 11 is 5.40. The van der Waals surface area contributed by atoms with Crippen LogP contribution in [-0.4, -0.2) is 17.3 Å². The largest absolute Gasteiger partial charge is 0.393 e. The summed E-state index contributed by atoms with van der Waals surface area (Å²) in [5, 5.41) is 9.05. The van der Waals surface area contributed by atoms with Crippen molar-refractivity contribution in [1.82, 2.24) is 4.84 Å². The van der Waals surface area contributed by atoms with E-state index < -0.39 is 0 Å². The summed E-state index contributed by atoms with van der Waals surface area (Å²) in [6.07, 6.45) is 3.72. The second-order valence-electron chi connectivity index (χ2n) is 2.61. The van der Waals surface area contributed by atoms with Gasteiger partial charge >= 0.3 is 0 Å². The molecule has 1 aliphatic carbocycles. The first-order chi connectivity index (χ1) is 4.33. The lowest BCUT2D eigenvalue weighted by Crippen LogP contribution is -2.28. The number of hydrogen-bond donors (Lipinski definition) is 2. The highest BCUT2D eigenvalue weighted by Gasteiger charge is 2.17. The molecular weight excluding hydrogens is 138 g/mol. The summed E-state index contributed by atoms with van der Waals surface area (Å²) in [5.41, 5.74) is 0. The molecule has 0 unspecified atom stereocenters. The fraction of sp³-hybridized carbons (Fsp3) is 1.00. The van der Waals surface area contributed by atoms with Crippen molar-refractivity contribution in [2.45, 2.75) is 37.8 Å². The lowest BCUT2D eigenvalue weighted by Gasteiger charge is -2.23. The fourth-order valence-corrected chi connectivity index (χ4v) is 1.40. The third-order valence-corrected chi connectivity index (χ3v) is 2.16. The maximum Gasteiger partial charge on any atom is 0.0541 e. The fourth-order valence-electron chi connectivity index (χ4n) is 1.18. The average molecular weight is 150 g/mol. The quantitative estimate of drug-likeness (QED) is 0.546. The zero-order valence-electron chi connectivity index (χ0n) is 5.31. The van der Waals surface area contributed by atoms with Crippen molar-refractivity contribution in [2.75, 3.05) is 0 Å². The lowest BCUT2D eigenvalue weighted by atomic mass is 9.94. The third-order valence-electron chi connectivity index (χ3n) is 1.85. The molecule has 0 saturated heterocycles. The first kappa shape index (κ1) is 7.32. The summed E-state index contributed by atoms with van der Waals surface area (Å²) in [6.45, 7) is 0. The van der Waals surface area contributed by atoms with Gasteiger partial charge in [0, 0.05) is 6.04 Å². The predicted molar refractivity (Wildman–Crippen MR) is 37.3 cm³/mol. The summed E-state index contributed by atoms with van der Waals surface area (Å²) in [4.78, 5) is 2.69. The molecule has 0 aromatic rings. The topological polar surface area (TPSA) is 32.3 Å². The van der Waals surface area contributed by atoms with Gasteiger partial charge in [-0.05, 0) is 37.5 Å². The van der Waals surface area contributed by atoms with Crippen LogP contribution < -0.4 is 4.84 Å². The molecule has 0 spiro atoms. The van der Waals surface area contributed by atoms with Gasteiger partial charge in [0.2, 0.25) is 0 Å². The van der Waals surface area contributed by atoms with Crippen LogP contribution in [0.1, 0.15) is 25.7 Å². The Labute approximate surface area is 60.3 Å². The molecule has 1 saturated carbocycles. The first-order valence-corrected chi connectivity index (χ1v) is 3.75. The van der Waals surface area contributed by atoms with Crippen molar-refractivity contribution < 1.29 is 5.11 Å². The minimum atomic E-state index is -0.0775. The van der Waals surface area contributed by atoms with Crippen molar-refractivity contribution in [3.8, 4) is 0 Å². The Hall–Kier alpha value is 0.210. The molecular formula is C6H12ClNO. The van der Waals surface area contributed by atoms with Gasteiger partial charge in [-0.1, -0.05) is 0 Å². The molecule has 0 bridgehead atoms. The molecule has 3 heteroatoms. The van der Waals surface area contributed by atoms with E-state index in [2.05, 4.69) is 4.84 Å². The molecule has 0 aromatic carbocycles. The van der Waals surface area contributed by atoms with Gasteiger partial charge in [0.25, 0.3) is 0 Å². The second kappa shape index (κ2) is 3.40. The molecule has 0 aliphatic heterocycles. The van der Waals surface area contributed by atoms with Gasteiger partial charge < -0.3 is 5.11 Å². The van der Waals surface area contributed by atoms with Gasteiger partial charge in [0.1, 0.15) is 0 Å². The van der Waals surface area contributed by atoms with Crippen molar-refractivity contribution in [1.29, 1.82) is 0 Å². The van der Waals surface area contributed by atoms with E-state index in [1.165, 1.54) is 0 Å². The average Bonchev–Trinajstić information content (AvgIpc) is 1.90. The van der Waals surface area contributed by atoms with Gasteiger partial charge in [0.05, 0.1) is 6.10 Å². The van der Waals surface area contributed by atoms with Crippen molar-refractivity contribution in [3.05, 3.63) is 0 Å². The van der Waals surface area contributed by atoms with Crippen molar-refractivity contribution in [2.24, 2.45) is 0 Å². The molecule has 0 atom stereocenters. The van der Waals surface area contributed by atoms with E-state index in [1.54, 1.807) is 0 Å². The van der Waals surface area contributed by atoms with E-state index in [0.29, 0.717) is 6.04 Å². The van der Waals surface area contributed by atoms with Gasteiger partial charge in [0.15, 0.2) is 0 Å². The van der Waals surface area contributed by atoms with E-state index in [9.17, 15) is 0 Å². The zero-order valence-corrected chi connectivity index (χ0v) is 6.06. The number of nitrogens with one attached hydrogen (secondary N) is 1. The molecule has 2 nitrogen and oxygen atoms in total. The highest BCUT2D eigenvalue weighted by atomic mass is 35.5. The van der Waals surface area contributed by atoms with Crippen LogP contribution in [0.15, 0.2) is 0 Å². The minimum Gasteiger partial charge on any atom is -0.393 e. The summed E-state index contributed by atoms with van der Waals surface area (Å²) in [7, 11) is 0. The van der Waals surface area contributed by atoms with Gasteiger partial charge in [-0.25, -0.2) is 4.84 Å². The monoisotopic (exact) mass is 149 g/mol. The van der Waals surface area contributed by atoms with E-state index in [4.69, 9.17) is 16.9 Å². The minimum absolute atomic E-state index is 0.0775. The van der Waals surface area contributed by atoms with Crippen LogP contribution in [0.2, 0.25) is 0 Å². The molecule has 54 valence electrons. The summed E-state index contributed by atoms with van der Waals surface area (Å²) in [5.74, 6) is 0. The van der Waals surface area contributed by atoms with Crippen LogP contribution in [0, 0.1) is 0 Å². The molecule has 9 heavy (non-hydrogen) atoms. The van der Waals surface area contributed by atoms with E-state index in [1.807, 2.05) is 0 Å². The lowest BCUT2D eigenvalue weighted by molar-refractivity contribution is 0.121. The first-order valence-electron chi connectivity index (χ1n) is 3.37. The van der Waals surface area contributed by atoms with Crippen molar-refractivity contribution >= 4 is 11.8 Å². The van der Waals surface area contributed by atoms with Crippen molar-refractivity contribution in [3.63, 3.8) is 0 Å². The van der Waals surface area contributed by atoms with Gasteiger partial charge in [-0.3, -0.25) is 0 Å². The summed E-state index contributed by atoms with van der Waals surface area (Å²) < 4.78 is 0. The Morgan fingerprint density at radius 2 is 1.78 bits per heavy atom. The third kappa shape index (κ3) is 2.12. The predicted octanol–water partition coefficient (Wildman–Crippen LogP) is 1.03. The van der Waals surface area contributed by atoms with Crippen LogP contribution in [-0.2, 0) is 0 Å². The molecule has 2 N–H and O–H groups in total. The van der Waals surface area contributed by atoms with Crippen LogP contribution in [0.5, 0.6) is 0 Å². The maximum atomic E-state index is 9.05. The Bertz CT molecular complexity index is 81.1. The number of aliphatic hydroxyl groups is 1. The molecule has 1 fully saturated rings. The standard InChI is InChI=1S/C6H12ClNO/c7-8-5-1-3-6(9)4-2-5/h5-6,8-9H,1-4H2. The van der Waals surface area contributed by atoms with Crippen LogP contribution in [0.4, 0.5) is 0 Å². The normalized spacial score (nSPS) is 36.7. The molecule has 0 amide bonds. The molecule has 1 aliphatic rings. The highest BCUT2D eigenvalue weighted by Crippen LogP contribution is 2.18. The molecule has 1 rings (SSSR count). The molecule has 0 heterocycles. The van der Waals surface area contributed by atoms with E-state index in [-0.39, 0.29) is 6.10 Å². The van der Waals surface area contributed by atoms with E-state index >= 15 is 0 Å². The summed E-state index contributed by atoms with van der Waals surface area (Å²) in [6, 6.07) is 0.426. The van der Waals surface area contributed by atoms with Gasteiger partial charge in [-0.15, -0.1) is 0 Å². The number of rotatable bonds is 1.